The number of methoxy groups -OCH3 is 1. The Labute approximate surface area is 184 Å². The molecule has 2 aliphatic heterocycles. The van der Waals surface area contributed by atoms with Crippen molar-refractivity contribution in [3.63, 3.8) is 0 Å². The highest BCUT2D eigenvalue weighted by Crippen LogP contribution is 2.33. The lowest BCUT2D eigenvalue weighted by Crippen LogP contribution is -2.71. The monoisotopic (exact) mass is 437 g/mol. The zero-order valence-electron chi connectivity index (χ0n) is 17.7. The first kappa shape index (κ1) is 21.4. The third-order valence-corrected chi connectivity index (χ3v) is 5.66. The minimum atomic E-state index is -1.14. The highest BCUT2D eigenvalue weighted by atomic mass is 16.5. The smallest absolute Gasteiger partial charge is 0.350 e. The van der Waals surface area contributed by atoms with Crippen LogP contribution >= 0.6 is 0 Å². The maximum absolute atomic E-state index is 12.8. The zero-order chi connectivity index (χ0) is 22.8. The third-order valence-electron chi connectivity index (χ3n) is 5.66. The number of benzene rings is 2. The Morgan fingerprint density at radius 3 is 2.53 bits per heavy atom. The van der Waals surface area contributed by atoms with E-state index in [2.05, 4.69) is 5.32 Å². The molecule has 0 aliphatic carbocycles. The number of hydrogen-bond donors (Lipinski definition) is 1. The third kappa shape index (κ3) is 3.89. The molecule has 3 amide bonds. The van der Waals surface area contributed by atoms with Crippen molar-refractivity contribution in [3.8, 4) is 5.75 Å². The molecule has 2 aliphatic rings. The summed E-state index contributed by atoms with van der Waals surface area (Å²) in [5.74, 6) is -1.39. The van der Waals surface area contributed by atoms with Crippen molar-refractivity contribution in [3.05, 3.63) is 65.7 Å². The second kappa shape index (κ2) is 8.70. The van der Waals surface area contributed by atoms with Gasteiger partial charge in [0, 0.05) is 19.0 Å². The summed E-state index contributed by atoms with van der Waals surface area (Å²) in [6.07, 6.45) is -1.14. The molecule has 2 fully saturated rings. The average Bonchev–Trinajstić information content (AvgIpc) is 3.18. The predicted octanol–water partition coefficient (Wildman–Crippen LogP) is 0.936. The van der Waals surface area contributed by atoms with Crippen molar-refractivity contribution in [2.24, 2.45) is 0 Å². The van der Waals surface area contributed by atoms with Gasteiger partial charge in [0.15, 0.2) is 0 Å². The molecule has 0 aromatic heterocycles. The van der Waals surface area contributed by atoms with Gasteiger partial charge in [-0.05, 0) is 23.8 Å². The van der Waals surface area contributed by atoms with Gasteiger partial charge in [-0.3, -0.25) is 14.4 Å². The zero-order valence-corrected chi connectivity index (χ0v) is 17.7. The minimum Gasteiger partial charge on any atom is -0.497 e. The van der Waals surface area contributed by atoms with E-state index < -0.39 is 36.0 Å². The number of rotatable bonds is 6. The fourth-order valence-corrected chi connectivity index (χ4v) is 4.01. The highest BCUT2D eigenvalue weighted by molar-refractivity contribution is 6.02. The molecule has 32 heavy (non-hydrogen) atoms. The Hall–Kier alpha value is -3.88. The van der Waals surface area contributed by atoms with Gasteiger partial charge in [-0.1, -0.05) is 36.4 Å². The molecule has 0 spiro atoms. The van der Waals surface area contributed by atoms with Crippen LogP contribution in [0.15, 0.2) is 54.6 Å². The molecule has 2 aromatic carbocycles. The second-order valence-corrected chi connectivity index (χ2v) is 7.63. The molecule has 3 atom stereocenters. The lowest BCUT2D eigenvalue weighted by atomic mass is 9.96. The molecule has 4 rings (SSSR count). The van der Waals surface area contributed by atoms with Crippen LogP contribution in [0.5, 0.6) is 5.75 Å². The normalized spacial score (nSPS) is 21.4. The topological polar surface area (TPSA) is 105 Å². The Bertz CT molecular complexity index is 1060. The number of carbonyl (C=O) groups is 4. The number of esters is 1. The molecular weight excluding hydrogens is 414 g/mol. The van der Waals surface area contributed by atoms with E-state index in [1.54, 1.807) is 24.3 Å². The number of amides is 3. The van der Waals surface area contributed by atoms with Crippen molar-refractivity contribution in [1.29, 1.82) is 0 Å². The maximum atomic E-state index is 12.8. The van der Waals surface area contributed by atoms with Crippen LogP contribution in [0.3, 0.4) is 0 Å². The first-order valence-corrected chi connectivity index (χ1v) is 10.2. The fourth-order valence-electron chi connectivity index (χ4n) is 4.01. The molecule has 0 bridgehead atoms. The summed E-state index contributed by atoms with van der Waals surface area (Å²) in [5, 5.41) is 2.71. The quantitative estimate of drug-likeness (QED) is 0.533. The Morgan fingerprint density at radius 2 is 1.84 bits per heavy atom. The van der Waals surface area contributed by atoms with Gasteiger partial charge in [0.2, 0.25) is 18.0 Å². The summed E-state index contributed by atoms with van der Waals surface area (Å²) >= 11 is 0. The van der Waals surface area contributed by atoms with E-state index in [9.17, 15) is 19.2 Å². The number of β-lactam (4-membered cyclic amide) rings is 1. The molecule has 2 unspecified atom stereocenters. The Kier molecular flexibility index (Phi) is 5.81. The number of hydrogen-bond acceptors (Lipinski definition) is 6. The van der Waals surface area contributed by atoms with Crippen molar-refractivity contribution in [1.82, 2.24) is 15.1 Å². The molecule has 2 heterocycles. The van der Waals surface area contributed by atoms with E-state index in [4.69, 9.17) is 9.47 Å². The first-order valence-electron chi connectivity index (χ1n) is 10.2. The van der Waals surface area contributed by atoms with Gasteiger partial charge in [0.25, 0.3) is 5.91 Å². The largest absolute Gasteiger partial charge is 0.497 e. The van der Waals surface area contributed by atoms with Crippen LogP contribution < -0.4 is 10.1 Å². The van der Waals surface area contributed by atoms with Gasteiger partial charge >= 0.3 is 5.97 Å². The summed E-state index contributed by atoms with van der Waals surface area (Å²) in [6.45, 7) is 1.50. The second-order valence-electron chi connectivity index (χ2n) is 7.63. The lowest BCUT2D eigenvalue weighted by Gasteiger charge is -2.43. The first-order chi connectivity index (χ1) is 15.4. The Morgan fingerprint density at radius 1 is 1.09 bits per heavy atom. The molecule has 9 heteroatoms. The standard InChI is InChI=1S/C23H23N3O6/c1-14(27)25-12-18-19(24-20(28)16-9-6-10-17(11-16)31-2)22(29)26(18)21(25)23(30)32-13-15-7-4-3-5-8-15/h3-11,18-19,21H,12-13H2,1-2H3,(H,24,28)/t18?,19-,21?/m0/s1. The number of carbonyl (C=O) groups excluding carboxylic acids is 4. The van der Waals surface area contributed by atoms with Gasteiger partial charge in [0.1, 0.15) is 18.4 Å². The van der Waals surface area contributed by atoms with Crippen LogP contribution in [-0.2, 0) is 25.7 Å². The molecule has 2 saturated heterocycles. The van der Waals surface area contributed by atoms with Crippen LogP contribution in [0.1, 0.15) is 22.8 Å². The van der Waals surface area contributed by atoms with Crippen LogP contribution in [0, 0.1) is 0 Å². The average molecular weight is 437 g/mol. The van der Waals surface area contributed by atoms with Gasteiger partial charge in [0.05, 0.1) is 13.2 Å². The lowest BCUT2D eigenvalue weighted by molar-refractivity contribution is -0.169. The number of nitrogens with one attached hydrogen (secondary N) is 1. The van der Waals surface area contributed by atoms with Crippen LogP contribution in [0.2, 0.25) is 0 Å². The molecule has 0 radical (unpaired) electrons. The SMILES string of the molecule is COc1cccc(C(=O)N[C@@H]2C(=O)N3C2CN(C(C)=O)C3C(=O)OCc2ccccc2)c1. The highest BCUT2D eigenvalue weighted by Gasteiger charge is 2.60. The molecule has 1 N–H and O–H groups in total. The van der Waals surface area contributed by atoms with Crippen molar-refractivity contribution in [2.45, 2.75) is 31.8 Å². The van der Waals surface area contributed by atoms with E-state index >= 15 is 0 Å². The van der Waals surface area contributed by atoms with E-state index in [0.29, 0.717) is 11.3 Å². The van der Waals surface area contributed by atoms with Gasteiger partial charge in [-0.25, -0.2) is 4.79 Å². The van der Waals surface area contributed by atoms with Crippen LogP contribution in [-0.4, -0.2) is 65.4 Å². The van der Waals surface area contributed by atoms with E-state index in [0.717, 1.165) is 5.56 Å². The predicted molar refractivity (Wildman–Crippen MR) is 112 cm³/mol. The van der Waals surface area contributed by atoms with Crippen molar-refractivity contribution >= 4 is 23.7 Å². The molecule has 9 nitrogen and oxygen atoms in total. The number of ether oxygens (including phenoxy) is 2. The molecule has 0 saturated carbocycles. The van der Waals surface area contributed by atoms with Crippen LogP contribution in [0.4, 0.5) is 0 Å². The van der Waals surface area contributed by atoms with E-state index in [1.165, 1.54) is 23.8 Å². The molecular formula is C23H23N3O6. The molecule has 166 valence electrons. The van der Waals surface area contributed by atoms with E-state index in [1.807, 2.05) is 30.3 Å². The van der Waals surface area contributed by atoms with Gasteiger partial charge in [-0.15, -0.1) is 0 Å². The number of fused-ring (bicyclic) bond motifs is 1. The van der Waals surface area contributed by atoms with Crippen molar-refractivity contribution < 1.29 is 28.7 Å². The van der Waals surface area contributed by atoms with Crippen molar-refractivity contribution in [2.75, 3.05) is 13.7 Å². The van der Waals surface area contributed by atoms with Gasteiger partial charge in [-0.2, -0.15) is 0 Å². The summed E-state index contributed by atoms with van der Waals surface area (Å²) in [7, 11) is 1.50. The maximum Gasteiger partial charge on any atom is 0.350 e. The summed E-state index contributed by atoms with van der Waals surface area (Å²) in [5.41, 5.74) is 1.14. The fraction of sp³-hybridized carbons (Fsp3) is 0.304. The van der Waals surface area contributed by atoms with Gasteiger partial charge < -0.3 is 24.6 Å². The van der Waals surface area contributed by atoms with E-state index in [-0.39, 0.29) is 19.1 Å². The summed E-state index contributed by atoms with van der Waals surface area (Å²) < 4.78 is 10.5. The summed E-state index contributed by atoms with van der Waals surface area (Å²) in [6, 6.07) is 14.3. The molecule has 2 aromatic rings. The number of nitrogens with zero attached hydrogens (tertiary/aromatic N) is 2. The summed E-state index contributed by atoms with van der Waals surface area (Å²) in [4.78, 5) is 53.0. The Balaban J connectivity index is 1.45. The minimum absolute atomic E-state index is 0.0324. The van der Waals surface area contributed by atoms with Crippen LogP contribution in [0.25, 0.3) is 0 Å².